The van der Waals surface area contributed by atoms with Crippen LogP contribution >= 0.6 is 6.49 Å². The highest BCUT2D eigenvalue weighted by molar-refractivity contribution is 8.09. The van der Waals surface area contributed by atoms with Crippen LogP contribution in [0.2, 0.25) is 5.82 Å². The molecule has 2 radical (unpaired) electrons. The van der Waals surface area contributed by atoms with E-state index in [1.54, 1.807) is 0 Å². The minimum atomic E-state index is -2.41. The number of rotatable bonds is 7. The second-order valence-electron chi connectivity index (χ2n) is 8.42. The van der Waals surface area contributed by atoms with E-state index in [4.69, 9.17) is 33.4 Å². The molecule has 0 spiro atoms. The van der Waals surface area contributed by atoms with Gasteiger partial charge in [-0.2, -0.15) is 0 Å². The Hall–Kier alpha value is -0.935. The fraction of sp³-hybridized carbons (Fsp3) is 0.571. The first-order valence-electron chi connectivity index (χ1n) is 9.58. The van der Waals surface area contributed by atoms with Gasteiger partial charge < -0.3 is 13.8 Å². The summed E-state index contributed by atoms with van der Waals surface area (Å²) in [7, 11) is 6.31. The van der Waals surface area contributed by atoms with Crippen molar-refractivity contribution in [3.05, 3.63) is 48.0 Å². The zero-order valence-corrected chi connectivity index (χ0v) is 19.0. The third-order valence-corrected chi connectivity index (χ3v) is 6.60. The zero-order chi connectivity index (χ0) is 20.9. The summed E-state index contributed by atoms with van der Waals surface area (Å²) in [5.74, 6) is -0.227. The SMILES string of the molecule is [B][C@H]1C[C@H](/C=C/C(=O)OCc2ccccc2)C(C)[C@@H]1OP(C)(=S)OC(C)(C)C. The van der Waals surface area contributed by atoms with Gasteiger partial charge in [0.15, 0.2) is 6.49 Å². The molecule has 7 heteroatoms. The average molecular weight is 420 g/mol. The molecule has 0 saturated heterocycles. The number of hydrogen-bond donors (Lipinski definition) is 0. The van der Waals surface area contributed by atoms with Crippen LogP contribution in [-0.4, -0.2) is 32.2 Å². The fourth-order valence-corrected chi connectivity index (χ4v) is 6.24. The second-order valence-corrected chi connectivity index (χ2v) is 12.3. The fourth-order valence-electron chi connectivity index (χ4n) is 3.44. The molecule has 5 atom stereocenters. The predicted octanol–water partition coefficient (Wildman–Crippen LogP) is 5.04. The van der Waals surface area contributed by atoms with E-state index in [0.29, 0.717) is 0 Å². The van der Waals surface area contributed by atoms with Gasteiger partial charge in [-0.15, -0.1) is 0 Å². The van der Waals surface area contributed by atoms with Crippen LogP contribution in [0, 0.1) is 11.8 Å². The van der Waals surface area contributed by atoms with E-state index in [9.17, 15) is 4.79 Å². The van der Waals surface area contributed by atoms with Crippen molar-refractivity contribution in [1.29, 1.82) is 0 Å². The Morgan fingerprint density at radius 1 is 1.32 bits per heavy atom. The standard InChI is InChI=1S/C21H30BO4PS/c1-15-17(11-12-19(23)24-14-16-9-7-6-8-10-16)13-18(22)20(15)25-27(5,28)26-21(2,3)4/h6-12,15,17-18,20H,13-14H2,1-5H3/b12-11+/t15?,17-,18-,20-,27?/m0/s1. The molecule has 1 aliphatic rings. The average Bonchev–Trinajstić information content (AvgIpc) is 2.84. The molecule has 0 heterocycles. The first-order chi connectivity index (χ1) is 13.0. The van der Waals surface area contributed by atoms with Gasteiger partial charge in [0.1, 0.15) is 6.61 Å². The lowest BCUT2D eigenvalue weighted by Gasteiger charge is -2.32. The summed E-state index contributed by atoms with van der Waals surface area (Å²) < 4.78 is 17.4. The number of hydrogen-bond acceptors (Lipinski definition) is 5. The van der Waals surface area contributed by atoms with Crippen LogP contribution in [0.5, 0.6) is 0 Å². The van der Waals surface area contributed by atoms with E-state index in [2.05, 4.69) is 6.92 Å². The van der Waals surface area contributed by atoms with Gasteiger partial charge in [0.05, 0.1) is 19.6 Å². The number of esters is 1. The summed E-state index contributed by atoms with van der Waals surface area (Å²) in [5.41, 5.74) is 0.597. The molecule has 4 nitrogen and oxygen atoms in total. The van der Waals surface area contributed by atoms with E-state index < -0.39 is 6.49 Å². The highest BCUT2D eigenvalue weighted by Crippen LogP contribution is 2.54. The number of carbonyl (C=O) groups excluding carboxylic acids is 1. The molecular formula is C21H30BO4PS. The molecule has 1 saturated carbocycles. The lowest BCUT2D eigenvalue weighted by Crippen LogP contribution is -2.24. The highest BCUT2D eigenvalue weighted by Gasteiger charge is 2.40. The predicted molar refractivity (Wildman–Crippen MR) is 118 cm³/mol. The Morgan fingerprint density at radius 3 is 2.57 bits per heavy atom. The number of benzene rings is 1. The lowest BCUT2D eigenvalue weighted by molar-refractivity contribution is -0.139. The van der Waals surface area contributed by atoms with Crippen molar-refractivity contribution in [2.45, 2.75) is 58.2 Å². The molecule has 2 rings (SSSR count). The zero-order valence-electron chi connectivity index (χ0n) is 17.3. The minimum Gasteiger partial charge on any atom is -0.458 e. The van der Waals surface area contributed by atoms with Gasteiger partial charge in [0.2, 0.25) is 0 Å². The van der Waals surface area contributed by atoms with Crippen molar-refractivity contribution < 1.29 is 18.6 Å². The maximum atomic E-state index is 12.0. The van der Waals surface area contributed by atoms with Crippen LogP contribution in [0.1, 0.15) is 39.7 Å². The normalized spacial score (nSPS) is 27.6. The van der Waals surface area contributed by atoms with Crippen LogP contribution < -0.4 is 0 Å². The smallest absolute Gasteiger partial charge is 0.330 e. The number of allylic oxidation sites excluding steroid dienone is 1. The molecule has 0 bridgehead atoms. The molecule has 1 fully saturated rings. The van der Waals surface area contributed by atoms with Gasteiger partial charge >= 0.3 is 5.97 Å². The summed E-state index contributed by atoms with van der Waals surface area (Å²) in [6.07, 6.45) is 3.92. The van der Waals surface area contributed by atoms with Crippen LogP contribution in [0.4, 0.5) is 0 Å². The first kappa shape index (κ1) is 23.3. The van der Waals surface area contributed by atoms with Crippen molar-refractivity contribution in [2.75, 3.05) is 6.66 Å². The Labute approximate surface area is 175 Å². The molecule has 152 valence electrons. The maximum Gasteiger partial charge on any atom is 0.330 e. The molecule has 2 unspecified atom stereocenters. The molecule has 1 aromatic rings. The van der Waals surface area contributed by atoms with Crippen LogP contribution in [-0.2, 0) is 37.0 Å². The monoisotopic (exact) mass is 420 g/mol. The van der Waals surface area contributed by atoms with Crippen molar-refractivity contribution in [3.63, 3.8) is 0 Å². The summed E-state index contributed by atoms with van der Waals surface area (Å²) in [6, 6.07) is 9.60. The van der Waals surface area contributed by atoms with Gasteiger partial charge in [0, 0.05) is 12.7 Å². The van der Waals surface area contributed by atoms with Crippen LogP contribution in [0.25, 0.3) is 0 Å². The van der Waals surface area contributed by atoms with Crippen LogP contribution in [0.3, 0.4) is 0 Å². The highest BCUT2D eigenvalue weighted by atomic mass is 32.5. The Balaban J connectivity index is 1.90. The van der Waals surface area contributed by atoms with Crippen molar-refractivity contribution in [2.24, 2.45) is 11.8 Å². The third-order valence-electron chi connectivity index (χ3n) is 4.62. The third kappa shape index (κ3) is 7.48. The quantitative estimate of drug-likeness (QED) is 0.268. The Morgan fingerprint density at radius 2 is 1.96 bits per heavy atom. The van der Waals surface area contributed by atoms with E-state index in [0.717, 1.165) is 12.0 Å². The van der Waals surface area contributed by atoms with Gasteiger partial charge in [-0.25, -0.2) is 4.79 Å². The van der Waals surface area contributed by atoms with Crippen molar-refractivity contribution in [1.82, 2.24) is 0 Å². The summed E-state index contributed by atoms with van der Waals surface area (Å²) in [6.45, 7) is 7.67. The van der Waals surface area contributed by atoms with Gasteiger partial charge in [-0.1, -0.05) is 49.1 Å². The second kappa shape index (κ2) is 9.71. The van der Waals surface area contributed by atoms with Gasteiger partial charge in [-0.3, -0.25) is 0 Å². The topological polar surface area (TPSA) is 44.8 Å². The van der Waals surface area contributed by atoms with Crippen molar-refractivity contribution in [3.8, 4) is 0 Å². The largest absolute Gasteiger partial charge is 0.458 e. The molecule has 0 aliphatic heterocycles. The molecule has 0 amide bonds. The van der Waals surface area contributed by atoms with Crippen LogP contribution in [0.15, 0.2) is 42.5 Å². The molecule has 1 aliphatic carbocycles. The molecule has 1 aromatic carbocycles. The van der Waals surface area contributed by atoms with E-state index >= 15 is 0 Å². The Bertz CT molecular complexity index is 732. The molecule has 28 heavy (non-hydrogen) atoms. The van der Waals surface area contributed by atoms with E-state index in [-0.39, 0.29) is 41.9 Å². The molecular weight excluding hydrogens is 390 g/mol. The van der Waals surface area contributed by atoms with E-state index in [1.165, 1.54) is 6.08 Å². The molecule has 0 aromatic heterocycles. The summed E-state index contributed by atoms with van der Waals surface area (Å²) >= 11 is 5.58. The Kier molecular flexibility index (Phi) is 8.10. The number of carbonyl (C=O) groups is 1. The first-order valence-corrected chi connectivity index (χ1v) is 12.7. The maximum absolute atomic E-state index is 12.0. The summed E-state index contributed by atoms with van der Waals surface area (Å²) in [5, 5.41) is 0. The molecule has 0 N–H and O–H groups in total. The van der Waals surface area contributed by atoms with Gasteiger partial charge in [-0.05, 0) is 56.4 Å². The van der Waals surface area contributed by atoms with Crippen molar-refractivity contribution >= 4 is 32.1 Å². The number of ether oxygens (including phenoxy) is 1. The summed E-state index contributed by atoms with van der Waals surface area (Å²) in [4.78, 5) is 12.0. The minimum absolute atomic E-state index is 0.133. The van der Waals surface area contributed by atoms with E-state index in [1.807, 2.05) is 63.8 Å². The lowest BCUT2D eigenvalue weighted by atomic mass is 9.83. The van der Waals surface area contributed by atoms with Gasteiger partial charge in [0.25, 0.3) is 0 Å².